The van der Waals surface area contributed by atoms with Gasteiger partial charge in [0.1, 0.15) is 33.7 Å². The fourth-order valence-corrected chi connectivity index (χ4v) is 3.91. The molecule has 0 aliphatic heterocycles. The minimum Gasteiger partial charge on any atom is -0.482 e. The van der Waals surface area contributed by atoms with Crippen LogP contribution in [0, 0.1) is 0 Å². The summed E-state index contributed by atoms with van der Waals surface area (Å²) in [6.45, 7) is 20.5. The molecule has 250 valence electrons. The molecule has 0 bridgehead atoms. The molecule has 0 aromatic heterocycles. The third kappa shape index (κ3) is 17.2. The molecule has 0 heterocycles. The van der Waals surface area contributed by atoms with Gasteiger partial charge in [-0.05, 0) is 107 Å². The maximum Gasteiger partial charge on any atom is 0.344 e. The molecule has 1 rings (SSSR count). The Morgan fingerprint density at radius 3 is 1.45 bits per heavy atom. The van der Waals surface area contributed by atoms with Gasteiger partial charge in [0.05, 0.1) is 13.1 Å². The van der Waals surface area contributed by atoms with Crippen molar-refractivity contribution in [1.29, 1.82) is 0 Å². The monoisotopic (exact) mass is 622 g/mol. The fraction of sp³-hybridized carbons (Fsp3) is 0.697. The number of esters is 4. The Balaban J connectivity index is 3.16. The lowest BCUT2D eigenvalue weighted by Gasteiger charge is -2.33. The summed E-state index contributed by atoms with van der Waals surface area (Å²) < 4.78 is 27.4. The highest BCUT2D eigenvalue weighted by atomic mass is 16.6. The summed E-state index contributed by atoms with van der Waals surface area (Å²) in [6, 6.07) is 6.84. The molecule has 0 fully saturated rings. The van der Waals surface area contributed by atoms with Gasteiger partial charge in [-0.2, -0.15) is 0 Å². The van der Waals surface area contributed by atoms with E-state index in [9.17, 15) is 19.2 Å². The second-order valence-electron chi connectivity index (χ2n) is 15.0. The molecule has 1 aromatic rings. The van der Waals surface area contributed by atoms with Gasteiger partial charge in [0, 0.05) is 13.0 Å². The van der Waals surface area contributed by atoms with Crippen LogP contribution in [-0.4, -0.2) is 83.0 Å². The minimum absolute atomic E-state index is 0.0599. The molecule has 0 aliphatic rings. The number of ether oxygens (including phenoxy) is 5. The summed E-state index contributed by atoms with van der Waals surface area (Å²) in [5.74, 6) is -1.72. The first-order valence-electron chi connectivity index (χ1n) is 14.9. The second kappa shape index (κ2) is 15.2. The Morgan fingerprint density at radius 1 is 0.636 bits per heavy atom. The van der Waals surface area contributed by atoms with Gasteiger partial charge in [-0.3, -0.25) is 19.3 Å². The van der Waals surface area contributed by atoms with Crippen LogP contribution in [-0.2, 0) is 44.5 Å². The molecular formula is C33H54N2O9. The standard InChI is InChI=1S/C33H54N2O9/c1-29(2,3)41-25(36)20-35(21-26(37)42-30(4,5)6)18-17-33(34,28(39)44-32(10,11)12)19-23-13-15-24(16-14-23)40-22-27(38)43-31(7,8)9/h13-16H,17-22,34H2,1-12H3/t33-/m0/s1. The van der Waals surface area contributed by atoms with E-state index < -0.39 is 51.8 Å². The molecule has 44 heavy (non-hydrogen) atoms. The van der Waals surface area contributed by atoms with E-state index >= 15 is 0 Å². The van der Waals surface area contributed by atoms with Crippen molar-refractivity contribution in [2.45, 2.75) is 124 Å². The van der Waals surface area contributed by atoms with Gasteiger partial charge in [-0.25, -0.2) is 4.79 Å². The van der Waals surface area contributed by atoms with Crippen LogP contribution in [0.5, 0.6) is 5.75 Å². The van der Waals surface area contributed by atoms with Crippen LogP contribution in [0.15, 0.2) is 24.3 Å². The lowest BCUT2D eigenvalue weighted by atomic mass is 9.88. The van der Waals surface area contributed by atoms with Crippen LogP contribution in [0.1, 0.15) is 95.1 Å². The quantitative estimate of drug-likeness (QED) is 0.247. The zero-order chi connectivity index (χ0) is 34.1. The first-order chi connectivity index (χ1) is 19.8. The predicted octanol–water partition coefficient (Wildman–Crippen LogP) is 4.36. The van der Waals surface area contributed by atoms with Crippen molar-refractivity contribution in [2.24, 2.45) is 5.73 Å². The average molecular weight is 623 g/mol. The van der Waals surface area contributed by atoms with Crippen molar-refractivity contribution < 1.29 is 42.9 Å². The molecule has 0 saturated carbocycles. The summed E-state index contributed by atoms with van der Waals surface area (Å²) in [7, 11) is 0. The summed E-state index contributed by atoms with van der Waals surface area (Å²) in [4.78, 5) is 52.4. The molecule has 11 heteroatoms. The number of carbonyl (C=O) groups excluding carboxylic acids is 4. The molecule has 0 radical (unpaired) electrons. The van der Waals surface area contributed by atoms with Gasteiger partial charge in [0.2, 0.25) is 0 Å². The molecule has 11 nitrogen and oxygen atoms in total. The van der Waals surface area contributed by atoms with Gasteiger partial charge in [0.15, 0.2) is 6.61 Å². The largest absolute Gasteiger partial charge is 0.482 e. The number of nitrogens with two attached hydrogens (primary N) is 1. The molecule has 1 atom stereocenters. The summed E-state index contributed by atoms with van der Waals surface area (Å²) in [5, 5.41) is 0. The second-order valence-corrected chi connectivity index (χ2v) is 15.0. The Kier molecular flexibility index (Phi) is 13.4. The molecule has 0 aliphatic carbocycles. The van der Waals surface area contributed by atoms with Crippen molar-refractivity contribution in [3.8, 4) is 5.75 Å². The van der Waals surface area contributed by atoms with E-state index in [0.717, 1.165) is 0 Å². The van der Waals surface area contributed by atoms with Crippen LogP contribution in [0.4, 0.5) is 0 Å². The van der Waals surface area contributed by atoms with Gasteiger partial charge >= 0.3 is 23.9 Å². The lowest BCUT2D eigenvalue weighted by molar-refractivity contribution is -0.162. The predicted molar refractivity (Wildman–Crippen MR) is 167 cm³/mol. The third-order valence-corrected chi connectivity index (χ3v) is 5.44. The van der Waals surface area contributed by atoms with Crippen molar-refractivity contribution in [3.05, 3.63) is 29.8 Å². The molecule has 0 amide bonds. The number of nitrogens with zero attached hydrogens (tertiary/aromatic N) is 1. The smallest absolute Gasteiger partial charge is 0.344 e. The molecule has 0 saturated heterocycles. The van der Waals surface area contributed by atoms with Crippen LogP contribution in [0.3, 0.4) is 0 Å². The highest BCUT2D eigenvalue weighted by molar-refractivity contribution is 5.81. The number of rotatable bonds is 13. The summed E-state index contributed by atoms with van der Waals surface area (Å²) in [5.41, 5.74) is 3.12. The van der Waals surface area contributed by atoms with Crippen molar-refractivity contribution in [3.63, 3.8) is 0 Å². The zero-order valence-corrected chi connectivity index (χ0v) is 28.8. The van der Waals surface area contributed by atoms with Gasteiger partial charge in [0.25, 0.3) is 0 Å². The number of hydrogen-bond acceptors (Lipinski definition) is 11. The van der Waals surface area contributed by atoms with Crippen LogP contribution >= 0.6 is 0 Å². The van der Waals surface area contributed by atoms with Crippen LogP contribution < -0.4 is 10.5 Å². The molecule has 0 spiro atoms. The molecule has 0 unspecified atom stereocenters. The van der Waals surface area contributed by atoms with Gasteiger partial charge in [-0.15, -0.1) is 0 Å². The average Bonchev–Trinajstić information content (AvgIpc) is 2.77. The maximum absolute atomic E-state index is 13.5. The Bertz CT molecular complexity index is 1090. The van der Waals surface area contributed by atoms with Crippen molar-refractivity contribution in [2.75, 3.05) is 26.2 Å². The topological polar surface area (TPSA) is 144 Å². The highest BCUT2D eigenvalue weighted by Crippen LogP contribution is 2.23. The summed E-state index contributed by atoms with van der Waals surface area (Å²) >= 11 is 0. The Labute approximate surface area is 263 Å². The SMILES string of the molecule is CC(C)(C)OC(=O)COc1ccc(C[C@@](N)(CCN(CC(=O)OC(C)(C)C)CC(=O)OC(C)(C)C)C(=O)OC(C)(C)C)cc1. The van der Waals surface area contributed by atoms with E-state index in [1.165, 1.54) is 0 Å². The Hall–Kier alpha value is -3.18. The van der Waals surface area contributed by atoms with Crippen LogP contribution in [0.2, 0.25) is 0 Å². The van der Waals surface area contributed by atoms with Crippen molar-refractivity contribution in [1.82, 2.24) is 4.90 Å². The number of carbonyl (C=O) groups is 4. The van der Waals surface area contributed by atoms with Gasteiger partial charge in [-0.1, -0.05) is 12.1 Å². The minimum atomic E-state index is -1.51. The van der Waals surface area contributed by atoms with E-state index in [1.54, 1.807) is 112 Å². The van der Waals surface area contributed by atoms with Crippen LogP contribution in [0.25, 0.3) is 0 Å². The summed E-state index contributed by atoms with van der Waals surface area (Å²) in [6.07, 6.45) is 0.158. The first-order valence-corrected chi connectivity index (χ1v) is 14.9. The fourth-order valence-electron chi connectivity index (χ4n) is 3.91. The molecular weight excluding hydrogens is 568 g/mol. The normalized spacial score (nSPS) is 14.0. The van der Waals surface area contributed by atoms with E-state index in [4.69, 9.17) is 29.4 Å². The number of hydrogen-bond donors (Lipinski definition) is 1. The lowest BCUT2D eigenvalue weighted by Crippen LogP contribution is -2.55. The van der Waals surface area contributed by atoms with E-state index in [-0.39, 0.29) is 39.1 Å². The molecule has 2 N–H and O–H groups in total. The zero-order valence-electron chi connectivity index (χ0n) is 28.8. The highest BCUT2D eigenvalue weighted by Gasteiger charge is 2.39. The van der Waals surface area contributed by atoms with Gasteiger partial charge < -0.3 is 29.4 Å². The van der Waals surface area contributed by atoms with E-state index in [0.29, 0.717) is 11.3 Å². The van der Waals surface area contributed by atoms with Crippen molar-refractivity contribution >= 4 is 23.9 Å². The van der Waals surface area contributed by atoms with E-state index in [1.807, 2.05) is 0 Å². The Morgan fingerprint density at radius 2 is 1.05 bits per heavy atom. The third-order valence-electron chi connectivity index (χ3n) is 5.44. The van der Waals surface area contributed by atoms with E-state index in [2.05, 4.69) is 0 Å². The molecule has 1 aromatic carbocycles. The number of benzene rings is 1. The first kappa shape index (κ1) is 38.8. The maximum atomic E-state index is 13.5.